The molecule has 1 aliphatic carbocycles. The van der Waals surface area contributed by atoms with E-state index >= 15 is 0 Å². The molecular weight excluding hydrogens is 259 g/mol. The highest BCUT2D eigenvalue weighted by molar-refractivity contribution is 5.04. The second-order valence-electron chi connectivity index (χ2n) is 5.20. The van der Waals surface area contributed by atoms with E-state index in [0.29, 0.717) is 44.0 Å². The summed E-state index contributed by atoms with van der Waals surface area (Å²) in [6.45, 7) is 1.98. The van der Waals surface area contributed by atoms with Gasteiger partial charge in [-0.05, 0) is 25.3 Å². The lowest BCUT2D eigenvalue weighted by atomic mass is 9.78. The van der Waals surface area contributed by atoms with Gasteiger partial charge in [-0.3, -0.25) is 4.90 Å². The molecule has 1 saturated carbocycles. The van der Waals surface area contributed by atoms with E-state index in [9.17, 15) is 13.2 Å². The first-order valence-electron chi connectivity index (χ1n) is 6.44. The molecule has 2 heterocycles. The average molecular weight is 275 g/mol. The normalized spacial score (nSPS) is 28.0. The van der Waals surface area contributed by atoms with Crippen LogP contribution in [0, 0.1) is 5.92 Å². The molecule has 0 spiro atoms. The molecule has 19 heavy (non-hydrogen) atoms. The zero-order chi connectivity index (χ0) is 13.6. The van der Waals surface area contributed by atoms with Gasteiger partial charge < -0.3 is 10.3 Å². The Balaban J connectivity index is 1.77. The van der Waals surface area contributed by atoms with Crippen LogP contribution in [0.25, 0.3) is 0 Å². The molecule has 0 bridgehead atoms. The molecule has 2 unspecified atom stereocenters. The molecule has 2 N–H and O–H groups in total. The molecule has 2 aliphatic rings. The van der Waals surface area contributed by atoms with Crippen LogP contribution in [0.5, 0.6) is 0 Å². The molecule has 0 aromatic carbocycles. The SMILES string of the molecule is NCC1CCC1N1CCn2c(nnc2C(F)(F)F)C1. The van der Waals surface area contributed by atoms with E-state index in [1.807, 2.05) is 0 Å². The zero-order valence-electron chi connectivity index (χ0n) is 10.4. The summed E-state index contributed by atoms with van der Waals surface area (Å²) in [7, 11) is 0. The van der Waals surface area contributed by atoms with Gasteiger partial charge in [0.15, 0.2) is 0 Å². The third kappa shape index (κ3) is 2.12. The van der Waals surface area contributed by atoms with Crippen molar-refractivity contribution >= 4 is 0 Å². The molecule has 3 rings (SSSR count). The summed E-state index contributed by atoms with van der Waals surface area (Å²) in [5.41, 5.74) is 5.68. The maximum atomic E-state index is 12.7. The molecule has 8 heteroatoms. The predicted molar refractivity (Wildman–Crippen MR) is 61.0 cm³/mol. The van der Waals surface area contributed by atoms with Crippen molar-refractivity contribution in [1.29, 1.82) is 0 Å². The van der Waals surface area contributed by atoms with Gasteiger partial charge in [0.2, 0.25) is 5.82 Å². The van der Waals surface area contributed by atoms with Gasteiger partial charge in [-0.2, -0.15) is 13.2 Å². The maximum absolute atomic E-state index is 12.7. The largest absolute Gasteiger partial charge is 0.451 e. The van der Waals surface area contributed by atoms with Crippen molar-refractivity contribution in [3.05, 3.63) is 11.6 Å². The standard InChI is InChI=1S/C11H16F3N5/c12-11(13,14)10-17-16-9-6-18(3-4-19(9)10)8-2-1-7(8)5-15/h7-8H,1-6,15H2. The minimum Gasteiger partial charge on any atom is -0.330 e. The molecular formula is C11H16F3N5. The summed E-state index contributed by atoms with van der Waals surface area (Å²) < 4.78 is 39.3. The van der Waals surface area contributed by atoms with Crippen LogP contribution in [-0.2, 0) is 19.3 Å². The number of hydrogen-bond donors (Lipinski definition) is 1. The van der Waals surface area contributed by atoms with Gasteiger partial charge in [-0.25, -0.2) is 0 Å². The number of aromatic nitrogens is 3. The summed E-state index contributed by atoms with van der Waals surface area (Å²) >= 11 is 0. The van der Waals surface area contributed by atoms with E-state index < -0.39 is 12.0 Å². The van der Waals surface area contributed by atoms with Crippen LogP contribution in [0.2, 0.25) is 0 Å². The molecule has 1 aromatic heterocycles. The predicted octanol–water partition coefficient (Wildman–Crippen LogP) is 0.850. The minimum absolute atomic E-state index is 0.297. The van der Waals surface area contributed by atoms with Gasteiger partial charge in [0.05, 0.1) is 6.54 Å². The number of hydrogen-bond acceptors (Lipinski definition) is 4. The Kier molecular flexibility index (Phi) is 3.01. The monoisotopic (exact) mass is 275 g/mol. The van der Waals surface area contributed by atoms with Gasteiger partial charge in [0, 0.05) is 19.1 Å². The number of nitrogens with zero attached hydrogens (tertiary/aromatic N) is 4. The van der Waals surface area contributed by atoms with E-state index in [1.54, 1.807) is 0 Å². The molecule has 5 nitrogen and oxygen atoms in total. The first kappa shape index (κ1) is 12.9. The summed E-state index contributed by atoms with van der Waals surface area (Å²) in [6.07, 6.45) is -2.25. The van der Waals surface area contributed by atoms with Crippen LogP contribution in [0.4, 0.5) is 13.2 Å². The van der Waals surface area contributed by atoms with Gasteiger partial charge in [-0.1, -0.05) is 0 Å². The Hall–Kier alpha value is -1.15. The van der Waals surface area contributed by atoms with E-state index in [4.69, 9.17) is 5.73 Å². The van der Waals surface area contributed by atoms with Crippen LogP contribution in [-0.4, -0.2) is 38.8 Å². The van der Waals surface area contributed by atoms with Crippen molar-refractivity contribution < 1.29 is 13.2 Å². The summed E-state index contributed by atoms with van der Waals surface area (Å²) in [5, 5.41) is 6.97. The highest BCUT2D eigenvalue weighted by atomic mass is 19.4. The van der Waals surface area contributed by atoms with Gasteiger partial charge in [0.25, 0.3) is 0 Å². The number of alkyl halides is 3. The van der Waals surface area contributed by atoms with Crippen molar-refractivity contribution in [2.45, 2.75) is 38.1 Å². The summed E-state index contributed by atoms with van der Waals surface area (Å²) in [5.74, 6) is -0.0102. The smallest absolute Gasteiger partial charge is 0.330 e. The average Bonchev–Trinajstić information content (AvgIpc) is 2.70. The number of halogens is 3. The lowest BCUT2D eigenvalue weighted by Crippen LogP contribution is -2.52. The highest BCUT2D eigenvalue weighted by Gasteiger charge is 2.41. The zero-order valence-corrected chi connectivity index (χ0v) is 10.4. The first-order valence-corrected chi connectivity index (χ1v) is 6.44. The molecule has 0 saturated heterocycles. The number of rotatable bonds is 2. The topological polar surface area (TPSA) is 60.0 Å². The number of nitrogens with two attached hydrogens (primary N) is 1. The number of fused-ring (bicyclic) bond motifs is 1. The van der Waals surface area contributed by atoms with E-state index in [-0.39, 0.29) is 0 Å². The fourth-order valence-corrected chi connectivity index (χ4v) is 2.98. The molecule has 1 aliphatic heterocycles. The quantitative estimate of drug-likeness (QED) is 0.869. The van der Waals surface area contributed by atoms with Crippen LogP contribution in [0.1, 0.15) is 24.5 Å². The van der Waals surface area contributed by atoms with Gasteiger partial charge in [-0.15, -0.1) is 10.2 Å². The van der Waals surface area contributed by atoms with Gasteiger partial charge >= 0.3 is 6.18 Å². The van der Waals surface area contributed by atoms with Crippen molar-refractivity contribution in [3.8, 4) is 0 Å². The minimum atomic E-state index is -4.43. The first-order chi connectivity index (χ1) is 9.00. The van der Waals surface area contributed by atoms with E-state index in [1.165, 1.54) is 4.57 Å². The van der Waals surface area contributed by atoms with E-state index in [0.717, 1.165) is 12.8 Å². The molecule has 0 radical (unpaired) electrons. The van der Waals surface area contributed by atoms with Crippen molar-refractivity contribution in [3.63, 3.8) is 0 Å². The molecule has 0 amide bonds. The molecule has 1 aromatic rings. The Morgan fingerprint density at radius 2 is 2.00 bits per heavy atom. The third-order valence-electron chi connectivity index (χ3n) is 4.19. The van der Waals surface area contributed by atoms with Crippen LogP contribution < -0.4 is 5.73 Å². The van der Waals surface area contributed by atoms with Crippen LogP contribution in [0.3, 0.4) is 0 Å². The second-order valence-corrected chi connectivity index (χ2v) is 5.20. The Morgan fingerprint density at radius 3 is 2.58 bits per heavy atom. The van der Waals surface area contributed by atoms with Crippen molar-refractivity contribution in [2.75, 3.05) is 13.1 Å². The Morgan fingerprint density at radius 1 is 1.21 bits per heavy atom. The Labute approximate surface area is 108 Å². The van der Waals surface area contributed by atoms with Gasteiger partial charge in [0.1, 0.15) is 5.82 Å². The Bertz CT molecular complexity index is 467. The molecule has 106 valence electrons. The molecule has 1 fully saturated rings. The van der Waals surface area contributed by atoms with E-state index in [2.05, 4.69) is 15.1 Å². The highest BCUT2D eigenvalue weighted by Crippen LogP contribution is 2.34. The second kappa shape index (κ2) is 4.45. The maximum Gasteiger partial charge on any atom is 0.451 e. The van der Waals surface area contributed by atoms with Crippen LogP contribution in [0.15, 0.2) is 0 Å². The van der Waals surface area contributed by atoms with Crippen LogP contribution >= 0.6 is 0 Å². The molecule has 2 atom stereocenters. The lowest BCUT2D eigenvalue weighted by Gasteiger charge is -2.45. The fraction of sp³-hybridized carbons (Fsp3) is 0.818. The third-order valence-corrected chi connectivity index (χ3v) is 4.19. The summed E-state index contributed by atoms with van der Waals surface area (Å²) in [6, 6.07) is 0.393. The summed E-state index contributed by atoms with van der Waals surface area (Å²) in [4.78, 5) is 2.19. The van der Waals surface area contributed by atoms with Crippen molar-refractivity contribution in [2.24, 2.45) is 11.7 Å². The lowest BCUT2D eigenvalue weighted by molar-refractivity contribution is -0.148. The van der Waals surface area contributed by atoms with Crippen molar-refractivity contribution in [1.82, 2.24) is 19.7 Å². The fourth-order valence-electron chi connectivity index (χ4n) is 2.98.